The Kier molecular flexibility index (Phi) is 5.24. The molecule has 1 aliphatic heterocycles. The van der Waals surface area contributed by atoms with Gasteiger partial charge in [-0.2, -0.15) is 0 Å². The lowest BCUT2D eigenvalue weighted by atomic mass is 9.90. The van der Waals surface area contributed by atoms with Crippen molar-refractivity contribution in [1.82, 2.24) is 10.2 Å². The Balaban J connectivity index is 1.86. The maximum Gasteiger partial charge on any atom is 0.0701 e. The minimum absolute atomic E-state index is 0.355. The molecule has 0 bridgehead atoms. The summed E-state index contributed by atoms with van der Waals surface area (Å²) in [5.41, 5.74) is 0.355. The third-order valence-corrected chi connectivity index (χ3v) is 5.79. The Bertz CT molecular complexity index is 374. The molecule has 0 saturated carbocycles. The second-order valence-electron chi connectivity index (χ2n) is 5.15. The van der Waals surface area contributed by atoms with Gasteiger partial charge in [0.25, 0.3) is 0 Å². The number of rotatable bonds is 5. The van der Waals surface area contributed by atoms with E-state index >= 15 is 0 Å². The van der Waals surface area contributed by atoms with E-state index in [4.69, 9.17) is 0 Å². The first-order valence-corrected chi connectivity index (χ1v) is 8.50. The summed E-state index contributed by atoms with van der Waals surface area (Å²) in [5, 5.41) is 3.72. The quantitative estimate of drug-likeness (QED) is 0.888. The SMILES string of the molecule is CCC1(CC)CN(CCc2ccc(Br)s2)CCN1. The van der Waals surface area contributed by atoms with E-state index in [1.54, 1.807) is 0 Å². The highest BCUT2D eigenvalue weighted by molar-refractivity contribution is 9.11. The Morgan fingerprint density at radius 3 is 2.78 bits per heavy atom. The van der Waals surface area contributed by atoms with Crippen molar-refractivity contribution in [2.45, 2.75) is 38.6 Å². The van der Waals surface area contributed by atoms with E-state index in [2.05, 4.69) is 52.1 Å². The molecular formula is C14H23BrN2S. The summed E-state index contributed by atoms with van der Waals surface area (Å²) in [7, 11) is 0. The molecule has 0 spiro atoms. The molecule has 1 saturated heterocycles. The Hall–Kier alpha value is 0.1000. The topological polar surface area (TPSA) is 15.3 Å². The van der Waals surface area contributed by atoms with Crippen molar-refractivity contribution in [3.05, 3.63) is 20.8 Å². The van der Waals surface area contributed by atoms with E-state index in [1.165, 1.54) is 47.6 Å². The zero-order chi connectivity index (χ0) is 13.0. The van der Waals surface area contributed by atoms with Crippen LogP contribution in [0.25, 0.3) is 0 Å². The number of piperazine rings is 1. The maximum absolute atomic E-state index is 3.72. The van der Waals surface area contributed by atoms with Crippen LogP contribution in [0.1, 0.15) is 31.6 Å². The molecule has 0 unspecified atom stereocenters. The molecule has 1 fully saturated rings. The van der Waals surface area contributed by atoms with Crippen LogP contribution >= 0.6 is 27.3 Å². The molecule has 1 N–H and O–H groups in total. The van der Waals surface area contributed by atoms with Crippen LogP contribution in [-0.2, 0) is 6.42 Å². The van der Waals surface area contributed by atoms with Crippen molar-refractivity contribution in [3.8, 4) is 0 Å². The Labute approximate surface area is 123 Å². The normalized spacial score (nSPS) is 20.2. The van der Waals surface area contributed by atoms with Crippen LogP contribution < -0.4 is 5.32 Å². The third-order valence-electron chi connectivity index (χ3n) is 4.11. The van der Waals surface area contributed by atoms with Crippen molar-refractivity contribution < 1.29 is 0 Å². The van der Waals surface area contributed by atoms with Crippen molar-refractivity contribution in [3.63, 3.8) is 0 Å². The highest BCUT2D eigenvalue weighted by atomic mass is 79.9. The van der Waals surface area contributed by atoms with Gasteiger partial charge >= 0.3 is 0 Å². The fourth-order valence-electron chi connectivity index (χ4n) is 2.71. The van der Waals surface area contributed by atoms with Gasteiger partial charge in [-0.3, -0.25) is 4.90 Å². The standard InChI is InChI=1S/C14H23BrN2S/c1-3-14(4-2)11-17(10-8-16-14)9-7-12-5-6-13(15)18-12/h5-6,16H,3-4,7-11H2,1-2H3. The predicted molar refractivity (Wildman–Crippen MR) is 83.5 cm³/mol. The molecule has 18 heavy (non-hydrogen) atoms. The number of nitrogens with zero attached hydrogens (tertiary/aromatic N) is 1. The second-order valence-corrected chi connectivity index (χ2v) is 7.69. The number of hydrogen-bond acceptors (Lipinski definition) is 3. The van der Waals surface area contributed by atoms with Crippen LogP contribution in [0.15, 0.2) is 15.9 Å². The molecule has 0 radical (unpaired) electrons. The summed E-state index contributed by atoms with van der Waals surface area (Å²) in [6.07, 6.45) is 3.63. The van der Waals surface area contributed by atoms with Crippen LogP contribution in [0, 0.1) is 0 Å². The summed E-state index contributed by atoms with van der Waals surface area (Å²) in [4.78, 5) is 4.11. The van der Waals surface area contributed by atoms with Gasteiger partial charge in [-0.15, -0.1) is 11.3 Å². The molecule has 2 rings (SSSR count). The van der Waals surface area contributed by atoms with Crippen molar-refractivity contribution >= 4 is 27.3 Å². The van der Waals surface area contributed by atoms with Gasteiger partial charge in [-0.1, -0.05) is 13.8 Å². The number of nitrogens with one attached hydrogen (secondary N) is 1. The van der Waals surface area contributed by atoms with Crippen LogP contribution in [0.5, 0.6) is 0 Å². The Morgan fingerprint density at radius 1 is 1.39 bits per heavy atom. The number of halogens is 1. The second kappa shape index (κ2) is 6.51. The summed E-state index contributed by atoms with van der Waals surface area (Å²) < 4.78 is 1.24. The fourth-order valence-corrected chi connectivity index (χ4v) is 4.18. The number of hydrogen-bond donors (Lipinski definition) is 1. The zero-order valence-electron chi connectivity index (χ0n) is 11.3. The Morgan fingerprint density at radius 2 is 2.17 bits per heavy atom. The van der Waals surface area contributed by atoms with Gasteiger partial charge in [0, 0.05) is 36.6 Å². The van der Waals surface area contributed by atoms with E-state index < -0.39 is 0 Å². The molecule has 2 heterocycles. The van der Waals surface area contributed by atoms with E-state index in [9.17, 15) is 0 Å². The monoisotopic (exact) mass is 330 g/mol. The lowest BCUT2D eigenvalue weighted by molar-refractivity contribution is 0.125. The van der Waals surface area contributed by atoms with Crippen LogP contribution in [0.2, 0.25) is 0 Å². The van der Waals surface area contributed by atoms with Gasteiger partial charge < -0.3 is 5.32 Å². The first kappa shape index (κ1) is 14.5. The fraction of sp³-hybridized carbons (Fsp3) is 0.714. The summed E-state index contributed by atoms with van der Waals surface area (Å²) >= 11 is 5.40. The zero-order valence-corrected chi connectivity index (χ0v) is 13.7. The van der Waals surface area contributed by atoms with E-state index in [-0.39, 0.29) is 0 Å². The average Bonchev–Trinajstić information content (AvgIpc) is 2.82. The maximum atomic E-state index is 3.72. The molecule has 0 aliphatic carbocycles. The summed E-state index contributed by atoms with van der Waals surface area (Å²) in [6, 6.07) is 4.39. The lowest BCUT2D eigenvalue weighted by Gasteiger charge is -2.43. The largest absolute Gasteiger partial charge is 0.309 e. The molecule has 0 amide bonds. The molecule has 1 aromatic rings. The average molecular weight is 331 g/mol. The molecule has 102 valence electrons. The lowest BCUT2D eigenvalue weighted by Crippen LogP contribution is -2.60. The van der Waals surface area contributed by atoms with Crippen molar-refractivity contribution in [1.29, 1.82) is 0 Å². The third kappa shape index (κ3) is 3.56. The van der Waals surface area contributed by atoms with Crippen LogP contribution in [-0.4, -0.2) is 36.6 Å². The number of thiophene rings is 1. The minimum Gasteiger partial charge on any atom is -0.309 e. The molecule has 4 heteroatoms. The van der Waals surface area contributed by atoms with Gasteiger partial charge in [0.15, 0.2) is 0 Å². The summed E-state index contributed by atoms with van der Waals surface area (Å²) in [5.74, 6) is 0. The summed E-state index contributed by atoms with van der Waals surface area (Å²) in [6.45, 7) is 9.32. The van der Waals surface area contributed by atoms with Crippen LogP contribution in [0.4, 0.5) is 0 Å². The minimum atomic E-state index is 0.355. The molecule has 0 atom stereocenters. The molecule has 2 nitrogen and oxygen atoms in total. The highest BCUT2D eigenvalue weighted by Crippen LogP contribution is 2.24. The van der Waals surface area contributed by atoms with Gasteiger partial charge in [0.05, 0.1) is 3.79 Å². The molecule has 0 aromatic carbocycles. The van der Waals surface area contributed by atoms with Gasteiger partial charge in [-0.25, -0.2) is 0 Å². The van der Waals surface area contributed by atoms with E-state index in [0.29, 0.717) is 5.54 Å². The smallest absolute Gasteiger partial charge is 0.0701 e. The van der Waals surface area contributed by atoms with Crippen molar-refractivity contribution in [2.24, 2.45) is 0 Å². The van der Waals surface area contributed by atoms with Crippen molar-refractivity contribution in [2.75, 3.05) is 26.2 Å². The highest BCUT2D eigenvalue weighted by Gasteiger charge is 2.31. The van der Waals surface area contributed by atoms with Gasteiger partial charge in [-0.05, 0) is 47.3 Å². The van der Waals surface area contributed by atoms with Gasteiger partial charge in [0.2, 0.25) is 0 Å². The molecule has 1 aromatic heterocycles. The van der Waals surface area contributed by atoms with Crippen LogP contribution in [0.3, 0.4) is 0 Å². The first-order valence-electron chi connectivity index (χ1n) is 6.89. The van der Waals surface area contributed by atoms with Gasteiger partial charge in [0.1, 0.15) is 0 Å². The molecule has 1 aliphatic rings. The first-order chi connectivity index (χ1) is 8.67. The van der Waals surface area contributed by atoms with E-state index in [1.807, 2.05) is 11.3 Å². The predicted octanol–water partition coefficient (Wildman–Crippen LogP) is 3.52. The van der Waals surface area contributed by atoms with E-state index in [0.717, 1.165) is 6.54 Å². The molecular weight excluding hydrogens is 308 g/mol.